The summed E-state index contributed by atoms with van der Waals surface area (Å²) in [6.45, 7) is 0.640. The van der Waals surface area contributed by atoms with Crippen molar-refractivity contribution in [3.05, 3.63) is 45.4 Å². The van der Waals surface area contributed by atoms with E-state index in [0.29, 0.717) is 18.4 Å². The van der Waals surface area contributed by atoms with Gasteiger partial charge < -0.3 is 4.90 Å². The molecule has 9 heteroatoms. The molecule has 0 bridgehead atoms. The second-order valence-electron chi connectivity index (χ2n) is 4.24. The molecule has 0 fully saturated rings. The smallest absolute Gasteiger partial charge is 0.241 e. The Morgan fingerprint density at radius 2 is 2.10 bits per heavy atom. The number of halogens is 2. The van der Waals surface area contributed by atoms with Crippen LogP contribution >= 0.6 is 34.5 Å². The van der Waals surface area contributed by atoms with Crippen molar-refractivity contribution in [2.45, 2.75) is 6.54 Å². The van der Waals surface area contributed by atoms with Crippen LogP contribution in [0.3, 0.4) is 0 Å². The zero-order valence-corrected chi connectivity index (χ0v) is 13.3. The minimum atomic E-state index is 0.139. The fourth-order valence-corrected chi connectivity index (χ4v) is 3.03. The Kier molecular flexibility index (Phi) is 4.05. The molecule has 0 saturated carbocycles. The number of thiophene rings is 1. The standard InChI is InChI=1S/C12H10Cl2N6S/c1-19(6-8-2-3-9(13)21-8)11-16-10(14)17-12(18-11)20-5-4-15-7-20/h2-5,7H,6H2,1H3. The van der Waals surface area contributed by atoms with Crippen molar-refractivity contribution in [3.63, 3.8) is 0 Å². The molecule has 0 spiro atoms. The zero-order chi connectivity index (χ0) is 14.8. The molecule has 3 heterocycles. The van der Waals surface area contributed by atoms with Crippen molar-refractivity contribution in [1.29, 1.82) is 0 Å². The number of aromatic nitrogens is 5. The van der Waals surface area contributed by atoms with E-state index in [0.717, 1.165) is 9.21 Å². The van der Waals surface area contributed by atoms with E-state index in [9.17, 15) is 0 Å². The first-order chi connectivity index (χ1) is 10.1. The third-order valence-corrected chi connectivity index (χ3v) is 4.07. The quantitative estimate of drug-likeness (QED) is 0.730. The van der Waals surface area contributed by atoms with E-state index >= 15 is 0 Å². The third kappa shape index (κ3) is 3.31. The molecular formula is C12H10Cl2N6S. The van der Waals surface area contributed by atoms with Crippen LogP contribution in [0.15, 0.2) is 30.9 Å². The number of hydrogen-bond donors (Lipinski definition) is 0. The predicted octanol–water partition coefficient (Wildman–Crippen LogP) is 3.06. The van der Waals surface area contributed by atoms with E-state index < -0.39 is 0 Å². The van der Waals surface area contributed by atoms with Crippen LogP contribution in [-0.2, 0) is 6.54 Å². The lowest BCUT2D eigenvalue weighted by Crippen LogP contribution is -2.20. The van der Waals surface area contributed by atoms with Gasteiger partial charge in [0.1, 0.15) is 6.33 Å². The maximum absolute atomic E-state index is 5.98. The van der Waals surface area contributed by atoms with Gasteiger partial charge in [0.2, 0.25) is 17.2 Å². The first-order valence-electron chi connectivity index (χ1n) is 5.97. The van der Waals surface area contributed by atoms with Crippen molar-refractivity contribution in [3.8, 4) is 5.95 Å². The van der Waals surface area contributed by atoms with Gasteiger partial charge in [0.05, 0.1) is 10.9 Å². The van der Waals surface area contributed by atoms with Crippen LogP contribution in [0, 0.1) is 0 Å². The highest BCUT2D eigenvalue weighted by atomic mass is 35.5. The molecule has 3 aromatic heterocycles. The van der Waals surface area contributed by atoms with Gasteiger partial charge in [0.25, 0.3) is 0 Å². The fourth-order valence-electron chi connectivity index (χ4n) is 1.73. The Morgan fingerprint density at radius 3 is 2.76 bits per heavy atom. The molecular weight excluding hydrogens is 331 g/mol. The highest BCUT2D eigenvalue weighted by Gasteiger charge is 2.12. The van der Waals surface area contributed by atoms with E-state index in [1.54, 1.807) is 23.3 Å². The largest absolute Gasteiger partial charge is 0.339 e. The summed E-state index contributed by atoms with van der Waals surface area (Å²) in [5.74, 6) is 0.918. The van der Waals surface area contributed by atoms with Gasteiger partial charge in [-0.3, -0.25) is 4.57 Å². The number of hydrogen-bond acceptors (Lipinski definition) is 6. The Labute approximate surface area is 135 Å². The lowest BCUT2D eigenvalue weighted by Gasteiger charge is -2.16. The molecule has 0 atom stereocenters. The summed E-state index contributed by atoms with van der Waals surface area (Å²) < 4.78 is 2.43. The average Bonchev–Trinajstić information content (AvgIpc) is 3.10. The number of imidazole rings is 1. The Bertz CT molecular complexity index is 742. The summed E-state index contributed by atoms with van der Waals surface area (Å²) >= 11 is 13.4. The Hall–Kier alpha value is -1.70. The van der Waals surface area contributed by atoms with Gasteiger partial charge in [0, 0.05) is 24.3 Å². The van der Waals surface area contributed by atoms with E-state index in [2.05, 4.69) is 19.9 Å². The first kappa shape index (κ1) is 14.2. The summed E-state index contributed by atoms with van der Waals surface area (Å²) in [5, 5.41) is 0.139. The zero-order valence-electron chi connectivity index (χ0n) is 10.9. The molecule has 3 rings (SSSR count). The van der Waals surface area contributed by atoms with Crippen LogP contribution in [0.5, 0.6) is 0 Å². The van der Waals surface area contributed by atoms with E-state index in [-0.39, 0.29) is 5.28 Å². The minimum Gasteiger partial charge on any atom is -0.339 e. The van der Waals surface area contributed by atoms with E-state index in [1.807, 2.05) is 24.1 Å². The van der Waals surface area contributed by atoms with Crippen molar-refractivity contribution in [2.24, 2.45) is 0 Å². The molecule has 0 unspecified atom stereocenters. The van der Waals surface area contributed by atoms with E-state index in [4.69, 9.17) is 23.2 Å². The van der Waals surface area contributed by atoms with Crippen molar-refractivity contribution in [1.82, 2.24) is 24.5 Å². The summed E-state index contributed by atoms with van der Waals surface area (Å²) in [7, 11) is 1.89. The van der Waals surface area contributed by atoms with Crippen LogP contribution in [0.25, 0.3) is 5.95 Å². The van der Waals surface area contributed by atoms with Gasteiger partial charge >= 0.3 is 0 Å². The van der Waals surface area contributed by atoms with Crippen LogP contribution in [-0.4, -0.2) is 31.6 Å². The number of rotatable bonds is 4. The molecule has 21 heavy (non-hydrogen) atoms. The van der Waals surface area contributed by atoms with Gasteiger partial charge in [-0.15, -0.1) is 11.3 Å². The summed E-state index contributed by atoms with van der Waals surface area (Å²) in [6.07, 6.45) is 5.00. The van der Waals surface area contributed by atoms with Crippen molar-refractivity contribution >= 4 is 40.5 Å². The fraction of sp³-hybridized carbons (Fsp3) is 0.167. The van der Waals surface area contributed by atoms with Crippen LogP contribution in [0.4, 0.5) is 5.95 Å². The van der Waals surface area contributed by atoms with Gasteiger partial charge in [-0.05, 0) is 23.7 Å². The topological polar surface area (TPSA) is 59.7 Å². The molecule has 0 amide bonds. The lowest BCUT2D eigenvalue weighted by atomic mass is 10.4. The third-order valence-electron chi connectivity index (χ3n) is 2.68. The van der Waals surface area contributed by atoms with Crippen LogP contribution in [0.1, 0.15) is 4.88 Å². The van der Waals surface area contributed by atoms with Crippen molar-refractivity contribution in [2.75, 3.05) is 11.9 Å². The molecule has 0 aliphatic rings. The summed E-state index contributed by atoms with van der Waals surface area (Å²) in [4.78, 5) is 19.6. The number of anilines is 1. The molecule has 3 aromatic rings. The molecule has 0 aliphatic heterocycles. The van der Waals surface area contributed by atoms with Gasteiger partial charge in [-0.2, -0.15) is 15.0 Å². The Morgan fingerprint density at radius 1 is 1.24 bits per heavy atom. The molecule has 0 aliphatic carbocycles. The Balaban J connectivity index is 1.87. The molecule has 0 saturated heterocycles. The average molecular weight is 341 g/mol. The normalized spacial score (nSPS) is 10.8. The first-order valence-corrected chi connectivity index (χ1v) is 7.54. The maximum atomic E-state index is 5.98. The van der Waals surface area contributed by atoms with Crippen LogP contribution in [0.2, 0.25) is 9.62 Å². The second-order valence-corrected chi connectivity index (χ2v) is 6.37. The SMILES string of the molecule is CN(Cc1ccc(Cl)s1)c1nc(Cl)nc(-n2ccnc2)n1. The number of nitrogens with zero attached hydrogens (tertiary/aromatic N) is 6. The van der Waals surface area contributed by atoms with Crippen molar-refractivity contribution < 1.29 is 0 Å². The highest BCUT2D eigenvalue weighted by molar-refractivity contribution is 7.16. The summed E-state index contributed by atoms with van der Waals surface area (Å²) in [6, 6.07) is 3.84. The van der Waals surface area contributed by atoms with Gasteiger partial charge in [0.15, 0.2) is 0 Å². The molecule has 0 N–H and O–H groups in total. The molecule has 108 valence electrons. The predicted molar refractivity (Wildman–Crippen MR) is 83.4 cm³/mol. The maximum Gasteiger partial charge on any atom is 0.241 e. The van der Waals surface area contributed by atoms with E-state index in [1.165, 1.54) is 11.3 Å². The second kappa shape index (κ2) is 5.97. The monoisotopic (exact) mass is 340 g/mol. The van der Waals surface area contributed by atoms with Gasteiger partial charge in [-0.25, -0.2) is 4.98 Å². The molecule has 6 nitrogen and oxygen atoms in total. The lowest BCUT2D eigenvalue weighted by molar-refractivity contribution is 0.828. The summed E-state index contributed by atoms with van der Waals surface area (Å²) in [5.41, 5.74) is 0. The minimum absolute atomic E-state index is 0.139. The molecule has 0 aromatic carbocycles. The van der Waals surface area contributed by atoms with Gasteiger partial charge in [-0.1, -0.05) is 11.6 Å². The molecule has 0 radical (unpaired) electrons. The highest BCUT2D eigenvalue weighted by Crippen LogP contribution is 2.23. The van der Waals surface area contributed by atoms with Crippen LogP contribution < -0.4 is 4.90 Å².